The molecule has 24 heavy (non-hydrogen) atoms. The van der Waals surface area contributed by atoms with E-state index in [0.29, 0.717) is 12.5 Å². The first kappa shape index (κ1) is 16.7. The SMILES string of the molecule is CNCC1CCCN(C(=O)c2cnn(Cc3ccccc3)c2C)C1. The van der Waals surface area contributed by atoms with Gasteiger partial charge in [-0.3, -0.25) is 9.48 Å². The number of amides is 1. The minimum absolute atomic E-state index is 0.118. The summed E-state index contributed by atoms with van der Waals surface area (Å²) < 4.78 is 1.91. The average Bonchev–Trinajstić information content (AvgIpc) is 2.96. The van der Waals surface area contributed by atoms with Gasteiger partial charge in [-0.25, -0.2) is 0 Å². The zero-order valence-corrected chi connectivity index (χ0v) is 14.5. The van der Waals surface area contributed by atoms with E-state index in [1.807, 2.05) is 41.8 Å². The molecule has 0 aliphatic carbocycles. The summed E-state index contributed by atoms with van der Waals surface area (Å²) in [6.45, 7) is 5.34. The molecule has 5 heteroatoms. The van der Waals surface area contributed by atoms with Crippen LogP contribution in [0.15, 0.2) is 36.5 Å². The molecule has 2 heterocycles. The molecule has 5 nitrogen and oxygen atoms in total. The minimum Gasteiger partial charge on any atom is -0.338 e. The number of hydrogen-bond donors (Lipinski definition) is 1. The molecular formula is C19H26N4O. The van der Waals surface area contributed by atoms with E-state index in [2.05, 4.69) is 22.5 Å². The normalized spacial score (nSPS) is 17.9. The van der Waals surface area contributed by atoms with Crippen LogP contribution in [-0.2, 0) is 6.54 Å². The van der Waals surface area contributed by atoms with Crippen LogP contribution in [0, 0.1) is 12.8 Å². The van der Waals surface area contributed by atoms with E-state index in [9.17, 15) is 4.79 Å². The van der Waals surface area contributed by atoms with E-state index in [1.54, 1.807) is 6.20 Å². The molecule has 1 saturated heterocycles. The molecule has 1 unspecified atom stereocenters. The molecule has 1 fully saturated rings. The third-order valence-electron chi connectivity index (χ3n) is 4.81. The number of benzene rings is 1. The Balaban J connectivity index is 1.71. The predicted molar refractivity (Wildman–Crippen MR) is 95.1 cm³/mol. The highest BCUT2D eigenvalue weighted by Gasteiger charge is 2.26. The smallest absolute Gasteiger partial charge is 0.257 e. The fraction of sp³-hybridized carbons (Fsp3) is 0.474. The number of piperidine rings is 1. The molecule has 128 valence electrons. The highest BCUT2D eigenvalue weighted by Crippen LogP contribution is 2.20. The second-order valence-corrected chi connectivity index (χ2v) is 6.60. The third-order valence-corrected chi connectivity index (χ3v) is 4.81. The summed E-state index contributed by atoms with van der Waals surface area (Å²) >= 11 is 0. The molecule has 1 aliphatic rings. The maximum Gasteiger partial charge on any atom is 0.257 e. The molecule has 0 spiro atoms. The molecule has 0 radical (unpaired) electrons. The van der Waals surface area contributed by atoms with E-state index < -0.39 is 0 Å². The van der Waals surface area contributed by atoms with Gasteiger partial charge in [0.05, 0.1) is 18.3 Å². The number of nitrogens with zero attached hydrogens (tertiary/aromatic N) is 3. The van der Waals surface area contributed by atoms with Gasteiger partial charge >= 0.3 is 0 Å². The van der Waals surface area contributed by atoms with Gasteiger partial charge in [-0.05, 0) is 44.8 Å². The Morgan fingerprint density at radius 3 is 2.88 bits per heavy atom. The maximum absolute atomic E-state index is 12.9. The van der Waals surface area contributed by atoms with Crippen LogP contribution in [0.3, 0.4) is 0 Å². The van der Waals surface area contributed by atoms with E-state index >= 15 is 0 Å². The van der Waals surface area contributed by atoms with Gasteiger partial charge in [0.2, 0.25) is 0 Å². The first-order valence-electron chi connectivity index (χ1n) is 8.69. The lowest BCUT2D eigenvalue weighted by Crippen LogP contribution is -2.42. The van der Waals surface area contributed by atoms with Crippen molar-refractivity contribution in [2.24, 2.45) is 5.92 Å². The van der Waals surface area contributed by atoms with Gasteiger partial charge in [0.15, 0.2) is 0 Å². The van der Waals surface area contributed by atoms with Gasteiger partial charge in [0.1, 0.15) is 0 Å². The monoisotopic (exact) mass is 326 g/mol. The second kappa shape index (κ2) is 7.62. The molecule has 1 amide bonds. The van der Waals surface area contributed by atoms with E-state index in [-0.39, 0.29) is 5.91 Å². The molecule has 0 bridgehead atoms. The summed E-state index contributed by atoms with van der Waals surface area (Å²) in [6.07, 6.45) is 3.99. The van der Waals surface area contributed by atoms with Crippen LogP contribution in [0.5, 0.6) is 0 Å². The Bertz CT molecular complexity index is 678. The largest absolute Gasteiger partial charge is 0.338 e. The zero-order chi connectivity index (χ0) is 16.9. The lowest BCUT2D eigenvalue weighted by molar-refractivity contribution is 0.0673. The molecule has 0 saturated carbocycles. The molecule has 1 aliphatic heterocycles. The van der Waals surface area contributed by atoms with Gasteiger partial charge in [-0.2, -0.15) is 5.10 Å². The minimum atomic E-state index is 0.118. The van der Waals surface area contributed by atoms with Crippen molar-refractivity contribution < 1.29 is 4.79 Å². The summed E-state index contributed by atoms with van der Waals surface area (Å²) in [6, 6.07) is 10.2. The van der Waals surface area contributed by atoms with Crippen molar-refractivity contribution in [3.63, 3.8) is 0 Å². The molecule has 1 aromatic carbocycles. The average molecular weight is 326 g/mol. The number of aromatic nitrogens is 2. The zero-order valence-electron chi connectivity index (χ0n) is 14.5. The number of likely N-dealkylation sites (tertiary alicyclic amines) is 1. The van der Waals surface area contributed by atoms with Crippen LogP contribution < -0.4 is 5.32 Å². The molecule has 2 aromatic rings. The number of carbonyl (C=O) groups is 1. The molecule has 1 atom stereocenters. The number of rotatable bonds is 5. The first-order chi connectivity index (χ1) is 11.7. The Labute approximate surface area is 143 Å². The van der Waals surface area contributed by atoms with Crippen molar-refractivity contribution in [2.45, 2.75) is 26.3 Å². The number of carbonyl (C=O) groups excluding carboxylic acids is 1. The van der Waals surface area contributed by atoms with Crippen molar-refractivity contribution in [1.29, 1.82) is 0 Å². The fourth-order valence-electron chi connectivity index (χ4n) is 3.45. The van der Waals surface area contributed by atoms with Crippen LogP contribution in [0.4, 0.5) is 0 Å². The van der Waals surface area contributed by atoms with Crippen molar-refractivity contribution in [3.8, 4) is 0 Å². The van der Waals surface area contributed by atoms with Crippen LogP contribution in [0.25, 0.3) is 0 Å². The maximum atomic E-state index is 12.9. The van der Waals surface area contributed by atoms with E-state index in [0.717, 1.165) is 37.3 Å². The summed E-state index contributed by atoms with van der Waals surface area (Å²) in [7, 11) is 1.97. The highest BCUT2D eigenvalue weighted by atomic mass is 16.2. The Morgan fingerprint density at radius 1 is 1.33 bits per heavy atom. The van der Waals surface area contributed by atoms with E-state index in [1.165, 1.54) is 12.0 Å². The topological polar surface area (TPSA) is 50.2 Å². The summed E-state index contributed by atoms with van der Waals surface area (Å²) in [5.41, 5.74) is 2.87. The summed E-state index contributed by atoms with van der Waals surface area (Å²) in [5, 5.41) is 7.66. The van der Waals surface area contributed by atoms with Crippen LogP contribution in [-0.4, -0.2) is 47.3 Å². The number of hydrogen-bond acceptors (Lipinski definition) is 3. The Morgan fingerprint density at radius 2 is 2.12 bits per heavy atom. The third kappa shape index (κ3) is 3.67. The van der Waals surface area contributed by atoms with Crippen LogP contribution in [0.2, 0.25) is 0 Å². The number of nitrogens with one attached hydrogen (secondary N) is 1. The molecular weight excluding hydrogens is 300 g/mol. The first-order valence-corrected chi connectivity index (χ1v) is 8.69. The highest BCUT2D eigenvalue weighted by molar-refractivity contribution is 5.95. The van der Waals surface area contributed by atoms with Gasteiger partial charge in [-0.15, -0.1) is 0 Å². The van der Waals surface area contributed by atoms with Gasteiger partial charge < -0.3 is 10.2 Å². The van der Waals surface area contributed by atoms with Crippen molar-refractivity contribution in [2.75, 3.05) is 26.7 Å². The lowest BCUT2D eigenvalue weighted by Gasteiger charge is -2.32. The fourth-order valence-corrected chi connectivity index (χ4v) is 3.45. The molecule has 1 aromatic heterocycles. The van der Waals surface area contributed by atoms with Crippen molar-refractivity contribution in [1.82, 2.24) is 20.0 Å². The second-order valence-electron chi connectivity index (χ2n) is 6.60. The van der Waals surface area contributed by atoms with Gasteiger partial charge in [0.25, 0.3) is 5.91 Å². The Hall–Kier alpha value is -2.14. The quantitative estimate of drug-likeness (QED) is 0.917. The van der Waals surface area contributed by atoms with Crippen molar-refractivity contribution in [3.05, 3.63) is 53.3 Å². The summed E-state index contributed by atoms with van der Waals surface area (Å²) in [5.74, 6) is 0.667. The molecule has 3 rings (SSSR count). The standard InChI is InChI=1S/C19H26N4O/c1-15-18(12-21-23(15)14-16-7-4-3-5-8-16)19(24)22-10-6-9-17(13-22)11-20-2/h3-5,7-8,12,17,20H,6,9-11,13-14H2,1-2H3. The Kier molecular flexibility index (Phi) is 5.30. The summed E-state index contributed by atoms with van der Waals surface area (Å²) in [4.78, 5) is 14.9. The van der Waals surface area contributed by atoms with Crippen LogP contribution >= 0.6 is 0 Å². The van der Waals surface area contributed by atoms with Crippen molar-refractivity contribution >= 4 is 5.91 Å². The molecule has 1 N–H and O–H groups in total. The van der Waals surface area contributed by atoms with Crippen LogP contribution in [0.1, 0.15) is 34.5 Å². The van der Waals surface area contributed by atoms with Gasteiger partial charge in [0, 0.05) is 18.8 Å². The predicted octanol–water partition coefficient (Wildman–Crippen LogP) is 2.31. The lowest BCUT2D eigenvalue weighted by atomic mass is 9.97. The van der Waals surface area contributed by atoms with Gasteiger partial charge in [-0.1, -0.05) is 30.3 Å². The van der Waals surface area contributed by atoms with E-state index in [4.69, 9.17) is 0 Å².